The van der Waals surface area contributed by atoms with E-state index in [4.69, 9.17) is 0 Å². The van der Waals surface area contributed by atoms with Gasteiger partial charge in [0.15, 0.2) is 0 Å². The topological polar surface area (TPSA) is 24.1 Å². The lowest BCUT2D eigenvalue weighted by molar-refractivity contribution is 0.399. The lowest BCUT2D eigenvalue weighted by Gasteiger charge is -2.13. The zero-order valence-corrected chi connectivity index (χ0v) is 7.74. The minimum Gasteiger partial charge on any atom is -0.261 e. The molecule has 11 heavy (non-hydrogen) atoms. The SMILES string of the molecule is CCCC1(CCNNC)CC1. The Bertz CT molecular complexity index is 108. The molecular formula is C9H20N2. The Morgan fingerprint density at radius 3 is 2.45 bits per heavy atom. The van der Waals surface area contributed by atoms with Gasteiger partial charge in [0.2, 0.25) is 0 Å². The van der Waals surface area contributed by atoms with Crippen molar-refractivity contribution in [3.8, 4) is 0 Å². The van der Waals surface area contributed by atoms with E-state index in [1.165, 1.54) is 32.1 Å². The second-order valence-corrected chi connectivity index (χ2v) is 3.68. The van der Waals surface area contributed by atoms with E-state index in [1.807, 2.05) is 7.05 Å². The van der Waals surface area contributed by atoms with E-state index in [-0.39, 0.29) is 0 Å². The van der Waals surface area contributed by atoms with Gasteiger partial charge in [0, 0.05) is 6.54 Å². The number of hydrazine groups is 1. The summed E-state index contributed by atoms with van der Waals surface area (Å²) in [5, 5.41) is 0. The standard InChI is InChI=1S/C9H20N2/c1-3-4-9(5-6-9)7-8-11-10-2/h10-11H,3-8H2,1-2H3. The van der Waals surface area contributed by atoms with Crippen LogP contribution in [0.25, 0.3) is 0 Å². The molecule has 0 aliphatic heterocycles. The Hall–Kier alpha value is -0.0800. The van der Waals surface area contributed by atoms with Gasteiger partial charge in [0.25, 0.3) is 0 Å². The van der Waals surface area contributed by atoms with Gasteiger partial charge < -0.3 is 0 Å². The Morgan fingerprint density at radius 2 is 2.00 bits per heavy atom. The molecule has 2 nitrogen and oxygen atoms in total. The molecule has 0 spiro atoms. The van der Waals surface area contributed by atoms with E-state index >= 15 is 0 Å². The quantitative estimate of drug-likeness (QED) is 0.451. The van der Waals surface area contributed by atoms with Crippen LogP contribution in [0.4, 0.5) is 0 Å². The first-order chi connectivity index (χ1) is 5.33. The van der Waals surface area contributed by atoms with Gasteiger partial charge in [-0.15, -0.1) is 0 Å². The van der Waals surface area contributed by atoms with Crippen LogP contribution in [0.15, 0.2) is 0 Å². The molecule has 0 aromatic carbocycles. The van der Waals surface area contributed by atoms with Gasteiger partial charge >= 0.3 is 0 Å². The van der Waals surface area contributed by atoms with Crippen LogP contribution in [0.5, 0.6) is 0 Å². The maximum atomic E-state index is 3.15. The summed E-state index contributed by atoms with van der Waals surface area (Å²) in [6.45, 7) is 3.40. The molecule has 1 aliphatic rings. The van der Waals surface area contributed by atoms with E-state index < -0.39 is 0 Å². The monoisotopic (exact) mass is 156 g/mol. The van der Waals surface area contributed by atoms with Crippen LogP contribution >= 0.6 is 0 Å². The average molecular weight is 156 g/mol. The summed E-state index contributed by atoms with van der Waals surface area (Å²) in [6, 6.07) is 0. The zero-order chi connectivity index (χ0) is 8.16. The summed E-state index contributed by atoms with van der Waals surface area (Å²) in [6.07, 6.45) is 7.05. The first kappa shape index (κ1) is 9.01. The third-order valence-corrected chi connectivity index (χ3v) is 2.69. The van der Waals surface area contributed by atoms with Crippen molar-refractivity contribution in [2.45, 2.75) is 39.0 Å². The highest BCUT2D eigenvalue weighted by molar-refractivity contribution is 4.92. The normalized spacial score (nSPS) is 20.2. The first-order valence-corrected chi connectivity index (χ1v) is 4.72. The van der Waals surface area contributed by atoms with Crippen molar-refractivity contribution >= 4 is 0 Å². The van der Waals surface area contributed by atoms with Gasteiger partial charge in [0.1, 0.15) is 0 Å². The molecule has 0 amide bonds. The van der Waals surface area contributed by atoms with Gasteiger partial charge in [-0.2, -0.15) is 0 Å². The van der Waals surface area contributed by atoms with Gasteiger partial charge in [-0.25, -0.2) is 0 Å². The molecule has 1 fully saturated rings. The summed E-state index contributed by atoms with van der Waals surface area (Å²) in [5.41, 5.74) is 6.86. The number of hydrogen-bond acceptors (Lipinski definition) is 2. The molecule has 2 heteroatoms. The predicted octanol–water partition coefficient (Wildman–Crippen LogP) is 1.68. The molecule has 66 valence electrons. The smallest absolute Gasteiger partial charge is 0.0105 e. The summed E-state index contributed by atoms with van der Waals surface area (Å²) in [5.74, 6) is 0. The van der Waals surface area contributed by atoms with Crippen molar-refractivity contribution in [1.82, 2.24) is 10.9 Å². The van der Waals surface area contributed by atoms with Crippen molar-refractivity contribution in [1.29, 1.82) is 0 Å². The Kier molecular flexibility index (Phi) is 3.34. The minimum atomic E-state index is 0.749. The predicted molar refractivity (Wildman–Crippen MR) is 48.3 cm³/mol. The van der Waals surface area contributed by atoms with Gasteiger partial charge in [-0.1, -0.05) is 13.3 Å². The van der Waals surface area contributed by atoms with Crippen molar-refractivity contribution in [2.24, 2.45) is 5.41 Å². The maximum absolute atomic E-state index is 3.15. The fraction of sp³-hybridized carbons (Fsp3) is 1.00. The minimum absolute atomic E-state index is 0.749. The molecule has 0 radical (unpaired) electrons. The maximum Gasteiger partial charge on any atom is 0.0105 e. The lowest BCUT2D eigenvalue weighted by Crippen LogP contribution is -2.29. The summed E-state index contributed by atoms with van der Waals surface area (Å²) >= 11 is 0. The van der Waals surface area contributed by atoms with E-state index in [0.717, 1.165) is 12.0 Å². The van der Waals surface area contributed by atoms with Gasteiger partial charge in [-0.05, 0) is 38.1 Å². The lowest BCUT2D eigenvalue weighted by atomic mass is 9.97. The molecule has 1 saturated carbocycles. The summed E-state index contributed by atoms with van der Waals surface area (Å²) in [7, 11) is 1.93. The van der Waals surface area contributed by atoms with Crippen LogP contribution in [0.1, 0.15) is 39.0 Å². The molecule has 0 bridgehead atoms. The molecule has 0 atom stereocenters. The zero-order valence-electron chi connectivity index (χ0n) is 7.74. The molecule has 0 saturated heterocycles. The van der Waals surface area contributed by atoms with Crippen molar-refractivity contribution in [3.63, 3.8) is 0 Å². The van der Waals surface area contributed by atoms with E-state index in [2.05, 4.69) is 17.8 Å². The van der Waals surface area contributed by atoms with Crippen LogP contribution in [-0.4, -0.2) is 13.6 Å². The van der Waals surface area contributed by atoms with Crippen LogP contribution < -0.4 is 10.9 Å². The highest BCUT2D eigenvalue weighted by Crippen LogP contribution is 2.52. The number of hydrogen-bond donors (Lipinski definition) is 2. The number of rotatable bonds is 6. The average Bonchev–Trinajstić information content (AvgIpc) is 2.71. The van der Waals surface area contributed by atoms with Crippen LogP contribution in [-0.2, 0) is 0 Å². The van der Waals surface area contributed by atoms with Crippen LogP contribution in [0.2, 0.25) is 0 Å². The molecule has 0 aromatic heterocycles. The molecule has 1 rings (SSSR count). The van der Waals surface area contributed by atoms with Crippen molar-refractivity contribution in [3.05, 3.63) is 0 Å². The molecular weight excluding hydrogens is 136 g/mol. The van der Waals surface area contributed by atoms with Crippen LogP contribution in [0, 0.1) is 5.41 Å². The molecule has 0 heterocycles. The summed E-state index contributed by atoms with van der Waals surface area (Å²) in [4.78, 5) is 0. The number of nitrogens with one attached hydrogen (secondary N) is 2. The van der Waals surface area contributed by atoms with Gasteiger partial charge in [-0.3, -0.25) is 10.9 Å². The van der Waals surface area contributed by atoms with Crippen molar-refractivity contribution < 1.29 is 0 Å². The molecule has 2 N–H and O–H groups in total. The molecule has 0 aromatic rings. The highest BCUT2D eigenvalue weighted by atomic mass is 15.3. The molecule has 1 aliphatic carbocycles. The van der Waals surface area contributed by atoms with E-state index in [1.54, 1.807) is 0 Å². The second kappa shape index (κ2) is 4.07. The Labute approximate surface area is 69.7 Å². The fourth-order valence-electron chi connectivity index (χ4n) is 1.78. The Balaban J connectivity index is 2.04. The highest BCUT2D eigenvalue weighted by Gasteiger charge is 2.40. The van der Waals surface area contributed by atoms with Gasteiger partial charge in [0.05, 0.1) is 0 Å². The summed E-state index contributed by atoms with van der Waals surface area (Å²) < 4.78 is 0. The van der Waals surface area contributed by atoms with E-state index in [9.17, 15) is 0 Å². The third kappa shape index (κ3) is 2.80. The Morgan fingerprint density at radius 1 is 1.27 bits per heavy atom. The third-order valence-electron chi connectivity index (χ3n) is 2.69. The first-order valence-electron chi connectivity index (χ1n) is 4.72. The largest absolute Gasteiger partial charge is 0.261 e. The molecule has 0 unspecified atom stereocenters. The van der Waals surface area contributed by atoms with Crippen molar-refractivity contribution in [2.75, 3.05) is 13.6 Å². The second-order valence-electron chi connectivity index (χ2n) is 3.68. The van der Waals surface area contributed by atoms with Crippen LogP contribution in [0.3, 0.4) is 0 Å². The van der Waals surface area contributed by atoms with E-state index in [0.29, 0.717) is 0 Å². The fourth-order valence-corrected chi connectivity index (χ4v) is 1.78.